The predicted octanol–water partition coefficient (Wildman–Crippen LogP) is 1.56. The highest BCUT2D eigenvalue weighted by Crippen LogP contribution is 2.29. The van der Waals surface area contributed by atoms with Gasteiger partial charge in [0, 0.05) is 26.2 Å². The van der Waals surface area contributed by atoms with Crippen LogP contribution in [0.25, 0.3) is 0 Å². The SMILES string of the molecule is CC(C)[C@H]1NC(=O)[C@@H](Cc2cccc(C(F)(F)F)c2)NCCOc2ccccc2CCCNC(=O)[C@H](CNCCO)NC1=O. The van der Waals surface area contributed by atoms with E-state index in [1.165, 1.54) is 12.1 Å². The number of amides is 3. The summed E-state index contributed by atoms with van der Waals surface area (Å²) in [5.41, 5.74) is 0.391. The van der Waals surface area contributed by atoms with Gasteiger partial charge < -0.3 is 36.4 Å². The molecule has 1 aliphatic heterocycles. The van der Waals surface area contributed by atoms with Crippen molar-refractivity contribution < 1.29 is 37.4 Å². The molecule has 2 aromatic rings. The summed E-state index contributed by atoms with van der Waals surface area (Å²) in [6.07, 6.45) is -3.39. The second-order valence-electron chi connectivity index (χ2n) is 11.0. The molecule has 10 nitrogen and oxygen atoms in total. The van der Waals surface area contributed by atoms with Gasteiger partial charge in [0.25, 0.3) is 0 Å². The van der Waals surface area contributed by atoms with Crippen LogP contribution in [-0.2, 0) is 33.4 Å². The van der Waals surface area contributed by atoms with Gasteiger partial charge in [0.1, 0.15) is 24.4 Å². The van der Waals surface area contributed by atoms with E-state index in [4.69, 9.17) is 9.84 Å². The Bertz CT molecular complexity index is 1240. The molecule has 0 spiro atoms. The highest BCUT2D eigenvalue weighted by atomic mass is 19.4. The number of halogens is 3. The molecule has 0 saturated heterocycles. The number of hydrogen-bond acceptors (Lipinski definition) is 7. The maximum atomic E-state index is 13.6. The van der Waals surface area contributed by atoms with Crippen molar-refractivity contribution in [3.05, 3.63) is 65.2 Å². The second-order valence-corrected chi connectivity index (χ2v) is 11.0. The monoisotopic (exact) mass is 621 g/mol. The van der Waals surface area contributed by atoms with Crippen LogP contribution in [0.1, 0.15) is 37.0 Å². The number of nitrogens with one attached hydrogen (secondary N) is 5. The number of rotatable bonds is 7. The summed E-state index contributed by atoms with van der Waals surface area (Å²) >= 11 is 0. The fourth-order valence-electron chi connectivity index (χ4n) is 4.81. The Hall–Kier alpha value is -3.68. The summed E-state index contributed by atoms with van der Waals surface area (Å²) in [5.74, 6) is -1.33. The lowest BCUT2D eigenvalue weighted by atomic mass is 9.99. The van der Waals surface area contributed by atoms with Gasteiger partial charge >= 0.3 is 6.18 Å². The van der Waals surface area contributed by atoms with Crippen LogP contribution in [0.3, 0.4) is 0 Å². The maximum absolute atomic E-state index is 13.6. The van der Waals surface area contributed by atoms with Crippen LogP contribution in [0.4, 0.5) is 13.2 Å². The molecule has 3 rings (SSSR count). The fourth-order valence-corrected chi connectivity index (χ4v) is 4.81. The van der Waals surface area contributed by atoms with Crippen molar-refractivity contribution >= 4 is 17.7 Å². The smallest absolute Gasteiger partial charge is 0.416 e. The molecule has 1 aliphatic rings. The molecule has 2 aromatic carbocycles. The number of aliphatic hydroxyl groups excluding tert-OH is 1. The van der Waals surface area contributed by atoms with Gasteiger partial charge in [-0.2, -0.15) is 13.2 Å². The molecule has 0 aliphatic carbocycles. The van der Waals surface area contributed by atoms with E-state index < -0.39 is 47.6 Å². The van der Waals surface area contributed by atoms with Crippen molar-refractivity contribution in [2.75, 3.05) is 39.4 Å². The standard InChI is InChI=1S/C31H42F3N5O5/c1-20(2)27-30(43)38-25(19-35-13-15-40)28(41)37-12-6-9-22-8-3-4-11-26(22)44-16-14-36-24(29(42)39-27)18-21-7-5-10-23(17-21)31(32,33)34/h3-5,7-8,10-11,17,20,24-25,27,35-36,40H,6,9,12-16,18-19H2,1-2H3,(H,37,41)(H,38,43)(H,39,42)/t24-,25+,27-/m1/s1. The molecule has 13 heteroatoms. The molecule has 0 bridgehead atoms. The Labute approximate surface area is 255 Å². The van der Waals surface area contributed by atoms with E-state index in [2.05, 4.69) is 26.6 Å². The van der Waals surface area contributed by atoms with Crippen LogP contribution < -0.4 is 31.3 Å². The van der Waals surface area contributed by atoms with Crippen LogP contribution >= 0.6 is 0 Å². The molecule has 44 heavy (non-hydrogen) atoms. The molecule has 0 aromatic heterocycles. The van der Waals surface area contributed by atoms with Crippen molar-refractivity contribution in [3.63, 3.8) is 0 Å². The van der Waals surface area contributed by atoms with Crippen LogP contribution in [0, 0.1) is 5.92 Å². The summed E-state index contributed by atoms with van der Waals surface area (Å²) in [7, 11) is 0. The Morgan fingerprint density at radius 1 is 0.977 bits per heavy atom. The van der Waals surface area contributed by atoms with E-state index in [0.717, 1.165) is 17.7 Å². The summed E-state index contributed by atoms with van der Waals surface area (Å²) in [6.45, 7) is 4.30. The number of aliphatic hydroxyl groups is 1. The van der Waals surface area contributed by atoms with E-state index in [-0.39, 0.29) is 50.8 Å². The number of ether oxygens (including phenoxy) is 1. The molecular formula is C31H42F3N5O5. The first-order valence-electron chi connectivity index (χ1n) is 14.8. The zero-order valence-corrected chi connectivity index (χ0v) is 25.0. The molecule has 3 atom stereocenters. The molecule has 0 fully saturated rings. The highest BCUT2D eigenvalue weighted by molar-refractivity contribution is 5.93. The number of alkyl halides is 3. The lowest BCUT2D eigenvalue weighted by molar-refractivity contribution is -0.137. The van der Waals surface area contributed by atoms with Crippen LogP contribution in [0.5, 0.6) is 5.75 Å². The van der Waals surface area contributed by atoms with E-state index in [1.54, 1.807) is 13.8 Å². The minimum atomic E-state index is -4.54. The number of para-hydroxylation sites is 1. The number of hydrogen-bond donors (Lipinski definition) is 6. The number of fused-ring (bicyclic) bond motifs is 1. The molecular weight excluding hydrogens is 579 g/mol. The first kappa shape index (κ1) is 34.8. The van der Waals surface area contributed by atoms with Gasteiger partial charge in [0.2, 0.25) is 17.7 Å². The Kier molecular flexibility index (Phi) is 13.4. The first-order valence-corrected chi connectivity index (χ1v) is 14.8. The summed E-state index contributed by atoms with van der Waals surface area (Å²) in [4.78, 5) is 40.0. The number of carbonyl (C=O) groups is 3. The largest absolute Gasteiger partial charge is 0.492 e. The van der Waals surface area contributed by atoms with Gasteiger partial charge in [-0.3, -0.25) is 14.4 Å². The van der Waals surface area contributed by atoms with E-state index in [9.17, 15) is 27.6 Å². The Balaban J connectivity index is 1.89. The van der Waals surface area contributed by atoms with Gasteiger partial charge in [-0.25, -0.2) is 0 Å². The van der Waals surface area contributed by atoms with Crippen LogP contribution in [-0.4, -0.2) is 80.3 Å². The Morgan fingerprint density at radius 2 is 1.75 bits per heavy atom. The third-order valence-electron chi connectivity index (χ3n) is 7.17. The van der Waals surface area contributed by atoms with Gasteiger partial charge in [0.05, 0.1) is 18.2 Å². The lowest BCUT2D eigenvalue weighted by Crippen LogP contribution is -2.60. The second kappa shape index (κ2) is 17.0. The summed E-state index contributed by atoms with van der Waals surface area (Å²) < 4.78 is 46.1. The van der Waals surface area contributed by atoms with Gasteiger partial charge in [-0.15, -0.1) is 0 Å². The topological polar surface area (TPSA) is 141 Å². The average molecular weight is 622 g/mol. The molecule has 3 amide bonds. The van der Waals surface area contributed by atoms with Crippen molar-refractivity contribution in [1.29, 1.82) is 0 Å². The van der Waals surface area contributed by atoms with Crippen molar-refractivity contribution in [1.82, 2.24) is 26.6 Å². The Morgan fingerprint density at radius 3 is 2.48 bits per heavy atom. The van der Waals surface area contributed by atoms with Crippen LogP contribution in [0.15, 0.2) is 48.5 Å². The third kappa shape index (κ3) is 10.8. The zero-order chi connectivity index (χ0) is 32.1. The van der Waals surface area contributed by atoms with Crippen molar-refractivity contribution in [2.45, 2.75) is 57.4 Å². The lowest BCUT2D eigenvalue weighted by Gasteiger charge is -2.28. The summed E-state index contributed by atoms with van der Waals surface area (Å²) in [6, 6.07) is 9.21. The third-order valence-corrected chi connectivity index (χ3v) is 7.17. The first-order chi connectivity index (χ1) is 21.0. The fraction of sp³-hybridized carbons (Fsp3) is 0.516. The zero-order valence-electron chi connectivity index (χ0n) is 25.0. The molecule has 242 valence electrons. The highest BCUT2D eigenvalue weighted by Gasteiger charge is 2.33. The average Bonchev–Trinajstić information content (AvgIpc) is 2.98. The molecule has 6 N–H and O–H groups in total. The van der Waals surface area contributed by atoms with Crippen molar-refractivity contribution in [3.8, 4) is 5.75 Å². The summed E-state index contributed by atoms with van der Waals surface area (Å²) in [5, 5.41) is 23.5. The number of benzene rings is 2. The van der Waals surface area contributed by atoms with Gasteiger partial charge in [-0.1, -0.05) is 50.2 Å². The van der Waals surface area contributed by atoms with E-state index >= 15 is 0 Å². The van der Waals surface area contributed by atoms with Gasteiger partial charge in [-0.05, 0) is 48.4 Å². The van der Waals surface area contributed by atoms with Gasteiger partial charge in [0.15, 0.2) is 0 Å². The van der Waals surface area contributed by atoms with Crippen LogP contribution in [0.2, 0.25) is 0 Å². The minimum Gasteiger partial charge on any atom is -0.492 e. The molecule has 0 unspecified atom stereocenters. The van der Waals surface area contributed by atoms with Crippen molar-refractivity contribution in [2.24, 2.45) is 5.92 Å². The quantitative estimate of drug-likeness (QED) is 0.258. The maximum Gasteiger partial charge on any atom is 0.416 e. The molecule has 0 saturated carbocycles. The molecule has 1 heterocycles. The predicted molar refractivity (Wildman–Crippen MR) is 159 cm³/mol. The number of carbonyl (C=O) groups excluding carboxylic acids is 3. The van der Waals surface area contributed by atoms with E-state index in [0.29, 0.717) is 25.1 Å². The van der Waals surface area contributed by atoms with E-state index in [1.807, 2.05) is 24.3 Å². The minimum absolute atomic E-state index is 0.0489. The normalized spacial score (nSPS) is 21.2. The number of aryl methyl sites for hydroxylation is 1. The molecule has 0 radical (unpaired) electrons.